The van der Waals surface area contributed by atoms with Gasteiger partial charge in [-0.2, -0.15) is 4.98 Å². The minimum absolute atomic E-state index is 0.0662. The monoisotopic (exact) mass is 458 g/mol. The molecule has 0 saturated carbocycles. The molecule has 1 aliphatic rings. The summed E-state index contributed by atoms with van der Waals surface area (Å²) in [5, 5.41) is 12.6. The first-order valence-corrected chi connectivity index (χ1v) is 11.4. The number of aryl methyl sites for hydroxylation is 1. The number of carbonyl (C=O) groups is 1. The first-order valence-electron chi connectivity index (χ1n) is 11.4. The quantitative estimate of drug-likeness (QED) is 0.415. The number of aromatic nitrogens is 5. The van der Waals surface area contributed by atoms with E-state index in [1.807, 2.05) is 70.4 Å². The molecular weight excluding hydrogens is 432 g/mol. The fraction of sp³-hybridized carbons (Fsp3) is 0.320. The van der Waals surface area contributed by atoms with Gasteiger partial charge in [-0.05, 0) is 37.0 Å². The van der Waals surface area contributed by atoms with Gasteiger partial charge in [-0.25, -0.2) is 4.68 Å². The lowest BCUT2D eigenvalue weighted by Crippen LogP contribution is -2.41. The van der Waals surface area contributed by atoms with E-state index in [1.54, 1.807) is 7.11 Å². The molecule has 1 amide bonds. The van der Waals surface area contributed by atoms with Crippen LogP contribution in [-0.4, -0.2) is 56.1 Å². The summed E-state index contributed by atoms with van der Waals surface area (Å²) in [7, 11) is 1.65. The van der Waals surface area contributed by atoms with Gasteiger partial charge in [0, 0.05) is 25.1 Å². The summed E-state index contributed by atoms with van der Waals surface area (Å²) in [6, 6.07) is 17.6. The molecule has 1 fully saturated rings. The largest absolute Gasteiger partial charge is 0.497 e. The van der Waals surface area contributed by atoms with Gasteiger partial charge >= 0.3 is 0 Å². The molecule has 0 N–H and O–H groups in total. The molecule has 1 saturated heterocycles. The van der Waals surface area contributed by atoms with E-state index in [1.165, 1.54) is 0 Å². The van der Waals surface area contributed by atoms with Crippen molar-refractivity contribution in [2.24, 2.45) is 0 Å². The van der Waals surface area contributed by atoms with Crippen LogP contribution >= 0.6 is 0 Å². The molecule has 2 aromatic heterocycles. The van der Waals surface area contributed by atoms with Crippen molar-refractivity contribution in [2.75, 3.05) is 20.2 Å². The minimum Gasteiger partial charge on any atom is -0.497 e. The van der Waals surface area contributed by atoms with Crippen molar-refractivity contribution in [3.8, 4) is 28.7 Å². The Bertz CT molecular complexity index is 1240. The zero-order chi connectivity index (χ0) is 23.3. The van der Waals surface area contributed by atoms with E-state index >= 15 is 0 Å². The number of hydrogen-bond donors (Lipinski definition) is 0. The summed E-state index contributed by atoms with van der Waals surface area (Å²) >= 11 is 0. The van der Waals surface area contributed by atoms with E-state index in [-0.39, 0.29) is 11.9 Å². The third-order valence-electron chi connectivity index (χ3n) is 6.10. The predicted molar refractivity (Wildman–Crippen MR) is 125 cm³/mol. The molecule has 2 aromatic carbocycles. The molecule has 9 heteroatoms. The molecule has 5 rings (SSSR count). The summed E-state index contributed by atoms with van der Waals surface area (Å²) < 4.78 is 12.4. The second kappa shape index (κ2) is 9.86. The first-order chi connectivity index (χ1) is 16.7. The van der Waals surface area contributed by atoms with Crippen molar-refractivity contribution in [2.45, 2.75) is 31.7 Å². The molecule has 4 aromatic rings. The van der Waals surface area contributed by atoms with Gasteiger partial charge in [-0.3, -0.25) is 4.79 Å². The Morgan fingerprint density at radius 1 is 1.15 bits per heavy atom. The molecule has 9 nitrogen and oxygen atoms in total. The topological polar surface area (TPSA) is 99.2 Å². The summed E-state index contributed by atoms with van der Waals surface area (Å²) in [6.45, 7) is 1.38. The lowest BCUT2D eigenvalue weighted by Gasteiger charge is -2.32. The zero-order valence-electron chi connectivity index (χ0n) is 19.0. The highest BCUT2D eigenvalue weighted by atomic mass is 16.5. The number of piperidine rings is 1. The lowest BCUT2D eigenvalue weighted by atomic mass is 10.0. The minimum atomic E-state index is 0.0662. The van der Waals surface area contributed by atoms with E-state index in [2.05, 4.69) is 20.5 Å². The van der Waals surface area contributed by atoms with Crippen LogP contribution in [0.2, 0.25) is 0 Å². The Morgan fingerprint density at radius 3 is 2.76 bits per heavy atom. The van der Waals surface area contributed by atoms with Crippen molar-refractivity contribution >= 4 is 5.91 Å². The van der Waals surface area contributed by atoms with Crippen LogP contribution in [0.3, 0.4) is 0 Å². The van der Waals surface area contributed by atoms with Crippen molar-refractivity contribution < 1.29 is 14.1 Å². The van der Waals surface area contributed by atoms with Crippen molar-refractivity contribution in [3.05, 3.63) is 66.4 Å². The molecule has 1 atom stereocenters. The van der Waals surface area contributed by atoms with Gasteiger partial charge in [-0.15, -0.1) is 5.10 Å². The number of amides is 1. The maximum atomic E-state index is 12.9. The maximum absolute atomic E-state index is 12.9. The molecule has 174 valence electrons. The van der Waals surface area contributed by atoms with E-state index in [0.717, 1.165) is 36.3 Å². The summed E-state index contributed by atoms with van der Waals surface area (Å²) in [5.41, 5.74) is 2.52. The molecule has 1 aliphatic heterocycles. The van der Waals surface area contributed by atoms with E-state index in [0.29, 0.717) is 36.8 Å². The predicted octanol–water partition coefficient (Wildman–Crippen LogP) is 3.80. The van der Waals surface area contributed by atoms with E-state index < -0.39 is 0 Å². The molecule has 34 heavy (non-hydrogen) atoms. The number of likely N-dealkylation sites (tertiary alicyclic amines) is 1. The van der Waals surface area contributed by atoms with Crippen LogP contribution in [0.1, 0.15) is 30.9 Å². The Morgan fingerprint density at radius 2 is 1.97 bits per heavy atom. The number of hydrogen-bond acceptors (Lipinski definition) is 7. The fourth-order valence-corrected chi connectivity index (χ4v) is 4.18. The van der Waals surface area contributed by atoms with Gasteiger partial charge in [0.2, 0.25) is 11.7 Å². The number of nitrogens with zero attached hydrogens (tertiary/aromatic N) is 6. The van der Waals surface area contributed by atoms with E-state index in [9.17, 15) is 4.79 Å². The van der Waals surface area contributed by atoms with Gasteiger partial charge in [-0.1, -0.05) is 52.8 Å². The number of carbonyl (C=O) groups excluding carboxylic acids is 1. The van der Waals surface area contributed by atoms with Crippen LogP contribution in [0.15, 0.2) is 65.3 Å². The van der Waals surface area contributed by atoms with Gasteiger partial charge in [0.05, 0.1) is 19.3 Å². The van der Waals surface area contributed by atoms with Crippen molar-refractivity contribution in [1.82, 2.24) is 30.0 Å². The maximum Gasteiger partial charge on any atom is 0.280 e. The molecule has 0 radical (unpaired) electrons. The molecule has 0 aliphatic carbocycles. The fourth-order valence-electron chi connectivity index (χ4n) is 4.18. The number of ether oxygens (including phenoxy) is 1. The Hall–Kier alpha value is -4.01. The third kappa shape index (κ3) is 4.83. The smallest absolute Gasteiger partial charge is 0.280 e. The summed E-state index contributed by atoms with van der Waals surface area (Å²) in [5.74, 6) is 1.81. The van der Waals surface area contributed by atoms with Crippen LogP contribution in [0.4, 0.5) is 0 Å². The number of methoxy groups -OCH3 is 1. The second-order valence-electron chi connectivity index (χ2n) is 8.36. The van der Waals surface area contributed by atoms with Crippen LogP contribution < -0.4 is 4.74 Å². The molecule has 0 spiro atoms. The average Bonchev–Trinajstić information content (AvgIpc) is 3.58. The van der Waals surface area contributed by atoms with Gasteiger partial charge in [0.15, 0.2) is 5.69 Å². The zero-order valence-corrected chi connectivity index (χ0v) is 19.0. The molecule has 0 bridgehead atoms. The van der Waals surface area contributed by atoms with Crippen molar-refractivity contribution in [3.63, 3.8) is 0 Å². The Balaban J connectivity index is 1.20. The highest BCUT2D eigenvalue weighted by Crippen LogP contribution is 2.25. The molecular formula is C25H26N6O3. The van der Waals surface area contributed by atoms with Gasteiger partial charge in [0.25, 0.3) is 5.89 Å². The summed E-state index contributed by atoms with van der Waals surface area (Å²) in [4.78, 5) is 19.2. The standard InChI is InChI=1S/C25H26N6O3/c1-33-21-12-9-18(10-13-21)11-14-23(32)30-15-5-8-20(16-30)31-17-22(27-29-31)25-26-24(28-34-25)19-6-3-2-4-7-19/h2-4,6-7,9-10,12-13,17,20H,5,8,11,14-16H2,1H3/t20-/m0/s1. The van der Waals surface area contributed by atoms with Crippen LogP contribution in [0.25, 0.3) is 23.0 Å². The summed E-state index contributed by atoms with van der Waals surface area (Å²) in [6.07, 6.45) is 4.86. The molecule has 0 unspecified atom stereocenters. The van der Waals surface area contributed by atoms with Gasteiger partial charge in [0.1, 0.15) is 5.75 Å². The van der Waals surface area contributed by atoms with Crippen LogP contribution in [-0.2, 0) is 11.2 Å². The highest BCUT2D eigenvalue weighted by Gasteiger charge is 2.26. The normalized spacial score (nSPS) is 15.9. The van der Waals surface area contributed by atoms with Crippen LogP contribution in [0, 0.1) is 0 Å². The van der Waals surface area contributed by atoms with Crippen molar-refractivity contribution in [1.29, 1.82) is 0 Å². The first kappa shape index (κ1) is 21.8. The lowest BCUT2D eigenvalue weighted by molar-refractivity contribution is -0.132. The SMILES string of the molecule is COc1ccc(CCC(=O)N2CCC[C@H](n3cc(-c4nc(-c5ccccc5)no4)nn3)C2)cc1. The third-order valence-corrected chi connectivity index (χ3v) is 6.10. The molecule has 3 heterocycles. The number of rotatable bonds is 7. The Labute approximate surface area is 197 Å². The number of benzene rings is 2. The van der Waals surface area contributed by atoms with Gasteiger partial charge < -0.3 is 14.2 Å². The highest BCUT2D eigenvalue weighted by molar-refractivity contribution is 5.76. The Kier molecular flexibility index (Phi) is 6.33. The van der Waals surface area contributed by atoms with Crippen LogP contribution in [0.5, 0.6) is 5.75 Å². The average molecular weight is 459 g/mol. The van der Waals surface area contributed by atoms with E-state index in [4.69, 9.17) is 9.26 Å². The second-order valence-corrected chi connectivity index (χ2v) is 8.36.